The van der Waals surface area contributed by atoms with Gasteiger partial charge in [-0.2, -0.15) is 0 Å². The topological polar surface area (TPSA) is 45.8 Å². The molecule has 114 valence electrons. The van der Waals surface area contributed by atoms with Crippen LogP contribution in [0.5, 0.6) is 0 Å². The summed E-state index contributed by atoms with van der Waals surface area (Å²) in [6.45, 7) is 4.14. The minimum Gasteiger partial charge on any atom is -0.310 e. The summed E-state index contributed by atoms with van der Waals surface area (Å²) in [5, 5.41) is 2.71. The molecule has 0 saturated heterocycles. The Hall–Kier alpha value is -1.65. The van der Waals surface area contributed by atoms with E-state index in [-0.39, 0.29) is 5.56 Å². The van der Waals surface area contributed by atoms with Crippen molar-refractivity contribution in [3.05, 3.63) is 50.9 Å². The quantitative estimate of drug-likeness (QED) is 0.718. The number of rotatable bonds is 4. The summed E-state index contributed by atoms with van der Waals surface area (Å²) < 4.78 is 0. The van der Waals surface area contributed by atoms with E-state index in [2.05, 4.69) is 42.0 Å². The number of aryl methyl sites for hydroxylation is 3. The lowest BCUT2D eigenvalue weighted by Crippen LogP contribution is -2.11. The number of hydrogen-bond acceptors (Lipinski definition) is 3. The molecule has 0 bridgehead atoms. The molecular weight excluding hydrogens is 316 g/mol. The van der Waals surface area contributed by atoms with Gasteiger partial charge >= 0.3 is 0 Å². The molecule has 0 aliphatic carbocycles. The second-order valence-corrected chi connectivity index (χ2v) is 6.69. The van der Waals surface area contributed by atoms with Crippen LogP contribution in [0.3, 0.4) is 0 Å². The molecule has 3 rings (SSSR count). The van der Waals surface area contributed by atoms with Crippen molar-refractivity contribution in [2.75, 3.05) is 5.88 Å². The maximum atomic E-state index is 12.5. The van der Waals surface area contributed by atoms with Crippen LogP contribution in [0.25, 0.3) is 21.3 Å². The van der Waals surface area contributed by atoms with Crippen molar-refractivity contribution in [1.29, 1.82) is 0 Å². The number of nitrogens with one attached hydrogen (secondary N) is 1. The van der Waals surface area contributed by atoms with Gasteiger partial charge in [-0.05, 0) is 31.4 Å². The standard InChI is InChI=1S/C17H17ClN2OS/c1-10-5-6-12(11(2)8-10)13-9-22-17-15(13)16(21)19-14(20-17)4-3-7-18/h5-6,8-9H,3-4,7H2,1-2H3,(H,19,20,21). The SMILES string of the molecule is Cc1ccc(-c2csc3nc(CCCCl)[nH]c(=O)c23)c(C)c1. The van der Waals surface area contributed by atoms with Crippen LogP contribution in [0.2, 0.25) is 0 Å². The first-order valence-corrected chi connectivity index (χ1v) is 8.65. The Kier molecular flexibility index (Phi) is 4.32. The molecule has 0 fully saturated rings. The molecule has 1 N–H and O–H groups in total. The lowest BCUT2D eigenvalue weighted by molar-refractivity contribution is 0.843. The highest BCUT2D eigenvalue weighted by molar-refractivity contribution is 7.17. The van der Waals surface area contributed by atoms with Gasteiger partial charge in [0.05, 0.1) is 5.39 Å². The third kappa shape index (κ3) is 2.81. The summed E-state index contributed by atoms with van der Waals surface area (Å²) in [5.74, 6) is 1.28. The Morgan fingerprint density at radius 2 is 2.09 bits per heavy atom. The number of H-pyrrole nitrogens is 1. The average molecular weight is 333 g/mol. The smallest absolute Gasteiger partial charge is 0.260 e. The zero-order chi connectivity index (χ0) is 15.7. The summed E-state index contributed by atoms with van der Waals surface area (Å²) >= 11 is 7.23. The molecule has 1 aromatic carbocycles. The molecule has 0 unspecified atom stereocenters. The van der Waals surface area contributed by atoms with E-state index >= 15 is 0 Å². The molecule has 0 radical (unpaired) electrons. The molecule has 5 heteroatoms. The van der Waals surface area contributed by atoms with Gasteiger partial charge < -0.3 is 4.98 Å². The van der Waals surface area contributed by atoms with Crippen molar-refractivity contribution in [3.63, 3.8) is 0 Å². The average Bonchev–Trinajstić information content (AvgIpc) is 2.89. The zero-order valence-electron chi connectivity index (χ0n) is 12.6. The van der Waals surface area contributed by atoms with E-state index < -0.39 is 0 Å². The molecule has 0 saturated carbocycles. The maximum absolute atomic E-state index is 12.5. The van der Waals surface area contributed by atoms with Crippen molar-refractivity contribution >= 4 is 33.2 Å². The fraction of sp³-hybridized carbons (Fsp3) is 0.294. The van der Waals surface area contributed by atoms with Crippen LogP contribution in [0, 0.1) is 13.8 Å². The van der Waals surface area contributed by atoms with Crippen LogP contribution in [0.4, 0.5) is 0 Å². The number of thiophene rings is 1. The molecule has 0 atom stereocenters. The Morgan fingerprint density at radius 1 is 1.27 bits per heavy atom. The van der Waals surface area contributed by atoms with Crippen molar-refractivity contribution in [2.45, 2.75) is 26.7 Å². The zero-order valence-corrected chi connectivity index (χ0v) is 14.1. The molecular formula is C17H17ClN2OS. The van der Waals surface area contributed by atoms with Gasteiger partial charge in [-0.15, -0.1) is 22.9 Å². The molecule has 0 amide bonds. The number of nitrogens with zero attached hydrogens (tertiary/aromatic N) is 1. The Balaban J connectivity index is 2.14. The van der Waals surface area contributed by atoms with E-state index in [1.54, 1.807) is 0 Å². The van der Waals surface area contributed by atoms with Crippen molar-refractivity contribution in [1.82, 2.24) is 9.97 Å². The Labute approximate surface area is 138 Å². The number of fused-ring (bicyclic) bond motifs is 1. The number of benzene rings is 1. The lowest BCUT2D eigenvalue weighted by atomic mass is 9.99. The van der Waals surface area contributed by atoms with Crippen LogP contribution in [0.15, 0.2) is 28.4 Å². The molecule has 0 aliphatic heterocycles. The summed E-state index contributed by atoms with van der Waals surface area (Å²) in [6.07, 6.45) is 1.51. The fourth-order valence-corrected chi connectivity index (χ4v) is 3.75. The summed E-state index contributed by atoms with van der Waals surface area (Å²) in [4.78, 5) is 20.7. The number of aromatic nitrogens is 2. The number of alkyl halides is 1. The molecule has 3 nitrogen and oxygen atoms in total. The first-order chi connectivity index (χ1) is 10.6. The van der Waals surface area contributed by atoms with Gasteiger partial charge in [0.2, 0.25) is 0 Å². The molecule has 3 aromatic rings. The predicted octanol–water partition coefficient (Wildman–Crippen LogP) is 4.44. The summed E-state index contributed by atoms with van der Waals surface area (Å²) in [7, 11) is 0. The second kappa shape index (κ2) is 6.23. The van der Waals surface area contributed by atoms with Gasteiger partial charge in [0, 0.05) is 23.2 Å². The highest BCUT2D eigenvalue weighted by Gasteiger charge is 2.14. The fourth-order valence-electron chi connectivity index (χ4n) is 2.66. The van der Waals surface area contributed by atoms with Crippen LogP contribution >= 0.6 is 22.9 Å². The number of aromatic amines is 1. The molecule has 2 heterocycles. The Morgan fingerprint density at radius 3 is 2.82 bits per heavy atom. The van der Waals surface area contributed by atoms with Gasteiger partial charge in [0.15, 0.2) is 0 Å². The van der Waals surface area contributed by atoms with Crippen LogP contribution < -0.4 is 5.56 Å². The lowest BCUT2D eigenvalue weighted by Gasteiger charge is -2.06. The number of hydrogen-bond donors (Lipinski definition) is 1. The largest absolute Gasteiger partial charge is 0.310 e. The molecule has 0 aliphatic rings. The first-order valence-electron chi connectivity index (χ1n) is 7.24. The van der Waals surface area contributed by atoms with Crippen LogP contribution in [-0.4, -0.2) is 15.8 Å². The summed E-state index contributed by atoms with van der Waals surface area (Å²) in [5.41, 5.74) is 4.39. The van der Waals surface area contributed by atoms with Gasteiger partial charge in [-0.25, -0.2) is 4.98 Å². The van der Waals surface area contributed by atoms with Crippen molar-refractivity contribution in [2.24, 2.45) is 0 Å². The minimum absolute atomic E-state index is 0.0641. The van der Waals surface area contributed by atoms with Crippen molar-refractivity contribution < 1.29 is 0 Å². The van der Waals surface area contributed by atoms with Gasteiger partial charge in [-0.3, -0.25) is 4.79 Å². The van der Waals surface area contributed by atoms with E-state index in [0.717, 1.165) is 22.4 Å². The highest BCUT2D eigenvalue weighted by atomic mass is 35.5. The normalized spacial score (nSPS) is 11.2. The molecule has 2 aromatic heterocycles. The second-order valence-electron chi connectivity index (χ2n) is 5.45. The van der Waals surface area contributed by atoms with Gasteiger partial charge in [0.1, 0.15) is 10.7 Å². The van der Waals surface area contributed by atoms with E-state index in [4.69, 9.17) is 11.6 Å². The first kappa shape index (κ1) is 15.3. The minimum atomic E-state index is -0.0641. The van der Waals surface area contributed by atoms with E-state index in [1.165, 1.54) is 22.5 Å². The van der Waals surface area contributed by atoms with E-state index in [1.807, 2.05) is 5.38 Å². The third-order valence-electron chi connectivity index (χ3n) is 3.71. The van der Waals surface area contributed by atoms with E-state index in [9.17, 15) is 4.79 Å². The molecule has 0 spiro atoms. The maximum Gasteiger partial charge on any atom is 0.260 e. The highest BCUT2D eigenvalue weighted by Crippen LogP contribution is 2.33. The van der Waals surface area contributed by atoms with Gasteiger partial charge in [-0.1, -0.05) is 23.8 Å². The summed E-state index contributed by atoms with van der Waals surface area (Å²) in [6, 6.07) is 6.28. The Bertz CT molecular complexity index is 882. The molecule has 22 heavy (non-hydrogen) atoms. The predicted molar refractivity (Wildman–Crippen MR) is 94.2 cm³/mol. The van der Waals surface area contributed by atoms with Crippen LogP contribution in [0.1, 0.15) is 23.4 Å². The number of halogens is 1. The monoisotopic (exact) mass is 332 g/mol. The van der Waals surface area contributed by atoms with Crippen molar-refractivity contribution in [3.8, 4) is 11.1 Å². The van der Waals surface area contributed by atoms with E-state index in [0.29, 0.717) is 23.5 Å². The van der Waals surface area contributed by atoms with Gasteiger partial charge in [0.25, 0.3) is 5.56 Å². The van der Waals surface area contributed by atoms with Crippen LogP contribution in [-0.2, 0) is 6.42 Å². The third-order valence-corrected chi connectivity index (χ3v) is 4.85.